The van der Waals surface area contributed by atoms with Crippen LogP contribution in [0.1, 0.15) is 22.5 Å². The summed E-state index contributed by atoms with van der Waals surface area (Å²) in [6.45, 7) is 0.984. The van der Waals surface area contributed by atoms with Crippen molar-refractivity contribution in [3.63, 3.8) is 0 Å². The third-order valence-corrected chi connectivity index (χ3v) is 6.04. The van der Waals surface area contributed by atoms with E-state index in [0.717, 1.165) is 27.4 Å². The molecule has 2 N–H and O–H groups in total. The fourth-order valence-corrected chi connectivity index (χ4v) is 4.53. The highest BCUT2D eigenvalue weighted by Gasteiger charge is 2.18. The summed E-state index contributed by atoms with van der Waals surface area (Å²) in [6.07, 6.45) is 3.65. The maximum absolute atomic E-state index is 13.1. The third-order valence-electron chi connectivity index (χ3n) is 4.46. The fraction of sp³-hybridized carbons (Fsp3) is 0.211. The molecule has 6 nitrogen and oxygen atoms in total. The Morgan fingerprint density at radius 1 is 1.26 bits per heavy atom. The lowest BCUT2D eigenvalue weighted by atomic mass is 10.1. The van der Waals surface area contributed by atoms with Gasteiger partial charge in [-0.05, 0) is 30.0 Å². The van der Waals surface area contributed by atoms with E-state index >= 15 is 0 Å². The molecule has 3 heterocycles. The van der Waals surface area contributed by atoms with Gasteiger partial charge in [-0.3, -0.25) is 4.79 Å². The van der Waals surface area contributed by atoms with Gasteiger partial charge in [0.25, 0.3) is 0 Å². The molecule has 0 aliphatic carbocycles. The zero-order valence-corrected chi connectivity index (χ0v) is 16.4. The first-order chi connectivity index (χ1) is 12.9. The number of H-pyrrole nitrogens is 1. The number of thiophene rings is 1. The van der Waals surface area contributed by atoms with Gasteiger partial charge >= 0.3 is 0 Å². The first kappa shape index (κ1) is 18.0. The van der Waals surface area contributed by atoms with Crippen LogP contribution < -0.4 is 4.72 Å². The predicted octanol–water partition coefficient (Wildman–Crippen LogP) is 3.35. The van der Waals surface area contributed by atoms with Crippen molar-refractivity contribution in [1.29, 1.82) is 0 Å². The molecule has 0 spiro atoms. The average Bonchev–Trinajstić information content (AvgIpc) is 3.30. The summed E-state index contributed by atoms with van der Waals surface area (Å²) >= 11 is 1.58. The van der Waals surface area contributed by atoms with E-state index in [0.29, 0.717) is 30.8 Å². The van der Waals surface area contributed by atoms with Crippen LogP contribution in [0.15, 0.2) is 48.0 Å². The number of carbonyl (C=O) groups excluding carboxylic acids is 1. The third kappa shape index (κ3) is 3.69. The van der Waals surface area contributed by atoms with Gasteiger partial charge in [0.1, 0.15) is 4.83 Å². The number of aromatic amines is 1. The summed E-state index contributed by atoms with van der Waals surface area (Å²) in [4.78, 5) is 17.3. The van der Waals surface area contributed by atoms with Crippen molar-refractivity contribution in [3.8, 4) is 0 Å². The highest BCUT2D eigenvalue weighted by atomic mass is 32.2. The first-order valence-corrected chi connectivity index (χ1v) is 11.3. The van der Waals surface area contributed by atoms with E-state index in [9.17, 15) is 13.2 Å². The van der Waals surface area contributed by atoms with E-state index < -0.39 is 10.0 Å². The van der Waals surface area contributed by atoms with E-state index in [4.69, 9.17) is 0 Å². The number of aromatic nitrogens is 2. The summed E-state index contributed by atoms with van der Waals surface area (Å²) < 4.78 is 26.9. The van der Waals surface area contributed by atoms with Gasteiger partial charge in [0, 0.05) is 41.1 Å². The second-order valence-corrected chi connectivity index (χ2v) is 9.24. The Kier molecular flexibility index (Phi) is 4.63. The molecule has 0 aliphatic heterocycles. The number of para-hydroxylation sites is 1. The molecule has 3 aromatic heterocycles. The molecule has 0 bridgehead atoms. The number of nitrogens with zero attached hydrogens (tertiary/aromatic N) is 1. The largest absolute Gasteiger partial charge is 0.347 e. The van der Waals surface area contributed by atoms with E-state index in [1.807, 2.05) is 52.5 Å². The van der Waals surface area contributed by atoms with Crippen LogP contribution in [0.3, 0.4) is 0 Å². The maximum Gasteiger partial charge on any atom is 0.211 e. The number of fused-ring (bicyclic) bond motifs is 2. The zero-order chi connectivity index (χ0) is 19.0. The SMILES string of the molecule is CS(=O)(=O)NCCCn1cc(C(=O)c2cc3ccsc3[nH]2)c2ccccc21. The van der Waals surface area contributed by atoms with Crippen LogP contribution in [0.2, 0.25) is 0 Å². The number of ketones is 1. The van der Waals surface area contributed by atoms with Gasteiger partial charge in [-0.25, -0.2) is 13.1 Å². The average molecular weight is 402 g/mol. The van der Waals surface area contributed by atoms with Gasteiger partial charge in [-0.1, -0.05) is 18.2 Å². The van der Waals surface area contributed by atoms with Crippen molar-refractivity contribution >= 4 is 48.3 Å². The summed E-state index contributed by atoms with van der Waals surface area (Å²) in [6, 6.07) is 11.7. The van der Waals surface area contributed by atoms with Crippen molar-refractivity contribution in [2.45, 2.75) is 13.0 Å². The quantitative estimate of drug-likeness (QED) is 0.368. The second kappa shape index (κ2) is 6.95. The van der Waals surface area contributed by atoms with E-state index in [2.05, 4.69) is 9.71 Å². The van der Waals surface area contributed by atoms with Crippen LogP contribution in [0, 0.1) is 0 Å². The number of carbonyl (C=O) groups is 1. The van der Waals surface area contributed by atoms with Crippen LogP contribution in [0.4, 0.5) is 0 Å². The predicted molar refractivity (Wildman–Crippen MR) is 109 cm³/mol. The minimum absolute atomic E-state index is 0.0392. The fourth-order valence-electron chi connectivity index (χ4n) is 3.24. The van der Waals surface area contributed by atoms with Gasteiger partial charge in [0.2, 0.25) is 15.8 Å². The van der Waals surface area contributed by atoms with E-state index in [1.54, 1.807) is 11.3 Å². The standard InChI is InChI=1S/C19H19N3O3S2/c1-27(24,25)20-8-4-9-22-12-15(14-5-2-3-6-17(14)22)18(23)16-11-13-7-10-26-19(13)21-16/h2-3,5-7,10-12,20-21H,4,8-9H2,1H3. The topological polar surface area (TPSA) is 84.0 Å². The molecule has 0 saturated heterocycles. The molecule has 140 valence electrons. The first-order valence-electron chi connectivity index (χ1n) is 8.56. The summed E-state index contributed by atoms with van der Waals surface area (Å²) in [5.74, 6) is -0.0392. The van der Waals surface area contributed by atoms with Crippen molar-refractivity contribution in [2.75, 3.05) is 12.8 Å². The van der Waals surface area contributed by atoms with Gasteiger partial charge < -0.3 is 9.55 Å². The Morgan fingerprint density at radius 2 is 2.07 bits per heavy atom. The van der Waals surface area contributed by atoms with E-state index in [1.165, 1.54) is 0 Å². The smallest absolute Gasteiger partial charge is 0.211 e. The second-order valence-electron chi connectivity index (χ2n) is 6.49. The van der Waals surface area contributed by atoms with Gasteiger partial charge in [-0.2, -0.15) is 0 Å². The Balaban J connectivity index is 1.63. The Hall–Kier alpha value is -2.42. The Labute approximate surface area is 160 Å². The number of hydrogen-bond acceptors (Lipinski definition) is 4. The van der Waals surface area contributed by atoms with Crippen molar-refractivity contribution in [1.82, 2.24) is 14.3 Å². The Morgan fingerprint density at radius 3 is 2.85 bits per heavy atom. The molecule has 27 heavy (non-hydrogen) atoms. The number of nitrogens with one attached hydrogen (secondary N) is 2. The van der Waals surface area contributed by atoms with Crippen LogP contribution >= 0.6 is 11.3 Å². The normalized spacial score (nSPS) is 12.2. The minimum Gasteiger partial charge on any atom is -0.347 e. The highest BCUT2D eigenvalue weighted by Crippen LogP contribution is 2.27. The molecule has 0 aliphatic rings. The summed E-state index contributed by atoms with van der Waals surface area (Å²) in [7, 11) is -3.19. The van der Waals surface area contributed by atoms with Crippen LogP contribution in [-0.4, -0.2) is 36.6 Å². The number of benzene rings is 1. The molecular weight excluding hydrogens is 382 g/mol. The molecule has 0 fully saturated rings. The Bertz CT molecular complexity index is 1200. The molecule has 4 aromatic rings. The van der Waals surface area contributed by atoms with Crippen molar-refractivity contribution in [3.05, 3.63) is 59.2 Å². The van der Waals surface area contributed by atoms with Gasteiger partial charge in [0.15, 0.2) is 0 Å². The number of hydrogen-bond donors (Lipinski definition) is 2. The minimum atomic E-state index is -3.19. The molecular formula is C19H19N3O3S2. The molecule has 0 atom stereocenters. The molecule has 0 unspecified atom stereocenters. The zero-order valence-electron chi connectivity index (χ0n) is 14.7. The van der Waals surface area contributed by atoms with E-state index in [-0.39, 0.29) is 5.78 Å². The summed E-state index contributed by atoms with van der Waals surface area (Å²) in [5.41, 5.74) is 2.20. The maximum atomic E-state index is 13.1. The summed E-state index contributed by atoms with van der Waals surface area (Å²) in [5, 5.41) is 3.93. The number of sulfonamides is 1. The molecule has 1 aromatic carbocycles. The van der Waals surface area contributed by atoms with Gasteiger partial charge in [-0.15, -0.1) is 11.3 Å². The van der Waals surface area contributed by atoms with Crippen LogP contribution in [0.25, 0.3) is 21.1 Å². The number of aryl methyl sites for hydroxylation is 1. The van der Waals surface area contributed by atoms with Crippen LogP contribution in [0.5, 0.6) is 0 Å². The molecule has 0 radical (unpaired) electrons. The van der Waals surface area contributed by atoms with Gasteiger partial charge in [0.05, 0.1) is 11.9 Å². The highest BCUT2D eigenvalue weighted by molar-refractivity contribution is 7.88. The van der Waals surface area contributed by atoms with Crippen molar-refractivity contribution in [2.24, 2.45) is 0 Å². The number of rotatable bonds is 7. The lowest BCUT2D eigenvalue weighted by Crippen LogP contribution is -2.23. The molecule has 0 saturated carbocycles. The molecule has 0 amide bonds. The molecule has 4 rings (SSSR count). The monoisotopic (exact) mass is 401 g/mol. The van der Waals surface area contributed by atoms with Crippen molar-refractivity contribution < 1.29 is 13.2 Å². The van der Waals surface area contributed by atoms with Crippen LogP contribution in [-0.2, 0) is 16.6 Å². The lowest BCUT2D eigenvalue weighted by Gasteiger charge is -2.05. The molecule has 8 heteroatoms. The lowest BCUT2D eigenvalue weighted by molar-refractivity contribution is 0.103.